The lowest BCUT2D eigenvalue weighted by Gasteiger charge is -2.11. The standard InChI is InChI=1S/C18H22BrFN4/c1-2-21-18(24-13-16-7-3-4-10-22-16)23-11-5-6-14-8-9-15(19)12-17(14)20/h3-4,7-10,12H,2,5-6,11,13H2,1H3,(H2,21,23,24). The van der Waals surface area contributed by atoms with Gasteiger partial charge in [-0.05, 0) is 49.6 Å². The smallest absolute Gasteiger partial charge is 0.191 e. The molecule has 2 N–H and O–H groups in total. The molecule has 1 aromatic heterocycles. The number of aliphatic imine (C=N–C) groups is 1. The number of halogens is 2. The van der Waals surface area contributed by atoms with Crippen LogP contribution < -0.4 is 10.6 Å². The Morgan fingerprint density at radius 3 is 2.83 bits per heavy atom. The quantitative estimate of drug-likeness (QED) is 0.429. The van der Waals surface area contributed by atoms with Crippen LogP contribution in [0.15, 0.2) is 52.1 Å². The highest BCUT2D eigenvalue weighted by atomic mass is 79.9. The highest BCUT2D eigenvalue weighted by molar-refractivity contribution is 9.10. The summed E-state index contributed by atoms with van der Waals surface area (Å²) in [5.74, 6) is 0.583. The molecule has 1 aromatic carbocycles. The first-order valence-electron chi connectivity index (χ1n) is 8.05. The number of hydrogen-bond donors (Lipinski definition) is 2. The van der Waals surface area contributed by atoms with Crippen LogP contribution in [0, 0.1) is 5.82 Å². The van der Waals surface area contributed by atoms with Crippen LogP contribution in [0.3, 0.4) is 0 Å². The Balaban J connectivity index is 1.80. The zero-order valence-electron chi connectivity index (χ0n) is 13.7. The summed E-state index contributed by atoms with van der Waals surface area (Å²) < 4.78 is 14.5. The first-order valence-corrected chi connectivity index (χ1v) is 8.84. The second-order valence-corrected chi connectivity index (χ2v) is 6.20. The van der Waals surface area contributed by atoms with Gasteiger partial charge in [0.2, 0.25) is 0 Å². The Labute approximate surface area is 150 Å². The maximum absolute atomic E-state index is 13.8. The second kappa shape index (κ2) is 10.0. The highest BCUT2D eigenvalue weighted by Gasteiger charge is 2.03. The topological polar surface area (TPSA) is 49.3 Å². The van der Waals surface area contributed by atoms with Crippen molar-refractivity contribution in [3.05, 3.63) is 64.1 Å². The molecular weight excluding hydrogens is 371 g/mol. The van der Waals surface area contributed by atoms with Gasteiger partial charge >= 0.3 is 0 Å². The molecule has 1 heterocycles. The number of guanidine groups is 1. The summed E-state index contributed by atoms with van der Waals surface area (Å²) in [6, 6.07) is 11.0. The Morgan fingerprint density at radius 1 is 1.25 bits per heavy atom. The number of aryl methyl sites for hydroxylation is 1. The van der Waals surface area contributed by atoms with E-state index in [4.69, 9.17) is 0 Å². The molecule has 0 saturated heterocycles. The van der Waals surface area contributed by atoms with E-state index in [9.17, 15) is 4.39 Å². The molecule has 0 atom stereocenters. The van der Waals surface area contributed by atoms with Gasteiger partial charge in [0.05, 0.1) is 12.2 Å². The van der Waals surface area contributed by atoms with Crippen LogP contribution in [0.2, 0.25) is 0 Å². The molecule has 0 spiro atoms. The fourth-order valence-corrected chi connectivity index (χ4v) is 2.54. The summed E-state index contributed by atoms with van der Waals surface area (Å²) in [7, 11) is 0. The number of nitrogens with zero attached hydrogens (tertiary/aromatic N) is 2. The van der Waals surface area contributed by atoms with Crippen molar-refractivity contribution in [3.63, 3.8) is 0 Å². The Kier molecular flexibility index (Phi) is 7.68. The van der Waals surface area contributed by atoms with E-state index >= 15 is 0 Å². The Bertz CT molecular complexity index is 661. The van der Waals surface area contributed by atoms with E-state index in [0.717, 1.165) is 41.2 Å². The molecule has 2 rings (SSSR count). The van der Waals surface area contributed by atoms with Gasteiger partial charge in [0.15, 0.2) is 5.96 Å². The minimum absolute atomic E-state index is 0.167. The van der Waals surface area contributed by atoms with Crippen molar-refractivity contribution in [2.24, 2.45) is 4.99 Å². The first-order chi connectivity index (χ1) is 11.7. The summed E-state index contributed by atoms with van der Waals surface area (Å²) in [4.78, 5) is 8.76. The summed E-state index contributed by atoms with van der Waals surface area (Å²) in [5, 5.41) is 6.47. The zero-order chi connectivity index (χ0) is 17.2. The van der Waals surface area contributed by atoms with Crippen molar-refractivity contribution in [3.8, 4) is 0 Å². The van der Waals surface area contributed by atoms with Gasteiger partial charge < -0.3 is 10.6 Å². The molecule has 0 aliphatic carbocycles. The minimum Gasteiger partial charge on any atom is -0.357 e. The third-order valence-corrected chi connectivity index (χ3v) is 3.89. The maximum atomic E-state index is 13.8. The molecule has 0 unspecified atom stereocenters. The molecule has 0 fully saturated rings. The summed E-state index contributed by atoms with van der Waals surface area (Å²) in [6.07, 6.45) is 3.27. The van der Waals surface area contributed by atoms with Gasteiger partial charge in [0.1, 0.15) is 5.82 Å². The molecule has 6 heteroatoms. The molecular formula is C18H22BrFN4. The number of nitrogens with one attached hydrogen (secondary N) is 2. The van der Waals surface area contributed by atoms with E-state index in [1.807, 2.05) is 37.3 Å². The monoisotopic (exact) mass is 392 g/mol. The first kappa shape index (κ1) is 18.4. The van der Waals surface area contributed by atoms with Crippen LogP contribution in [0.1, 0.15) is 24.6 Å². The van der Waals surface area contributed by atoms with Gasteiger partial charge in [0, 0.05) is 23.8 Å². The molecule has 0 aliphatic heterocycles. The average Bonchev–Trinajstić information content (AvgIpc) is 2.59. The van der Waals surface area contributed by atoms with Crippen LogP contribution in [0.5, 0.6) is 0 Å². The van der Waals surface area contributed by atoms with Crippen LogP contribution in [-0.2, 0) is 13.0 Å². The number of benzene rings is 1. The number of pyridine rings is 1. The third kappa shape index (κ3) is 6.28. The van der Waals surface area contributed by atoms with Crippen molar-refractivity contribution < 1.29 is 4.39 Å². The minimum atomic E-state index is -0.167. The number of hydrogen-bond acceptors (Lipinski definition) is 2. The summed E-state index contributed by atoms with van der Waals surface area (Å²) in [6.45, 7) is 4.06. The van der Waals surface area contributed by atoms with E-state index in [1.54, 1.807) is 6.20 Å². The largest absolute Gasteiger partial charge is 0.357 e. The number of aromatic nitrogens is 1. The van der Waals surface area contributed by atoms with Crippen molar-refractivity contribution in [1.29, 1.82) is 0 Å². The van der Waals surface area contributed by atoms with Crippen molar-refractivity contribution in [1.82, 2.24) is 15.6 Å². The molecule has 0 aliphatic rings. The van der Waals surface area contributed by atoms with E-state index in [2.05, 4.69) is 36.5 Å². The Hall–Kier alpha value is -1.95. The lowest BCUT2D eigenvalue weighted by Crippen LogP contribution is -2.37. The predicted octanol–water partition coefficient (Wildman–Crippen LogP) is 3.67. The van der Waals surface area contributed by atoms with Crippen molar-refractivity contribution in [2.75, 3.05) is 13.1 Å². The summed E-state index contributed by atoms with van der Waals surface area (Å²) in [5.41, 5.74) is 1.65. The Morgan fingerprint density at radius 2 is 2.12 bits per heavy atom. The number of rotatable bonds is 7. The van der Waals surface area contributed by atoms with Crippen molar-refractivity contribution in [2.45, 2.75) is 26.3 Å². The van der Waals surface area contributed by atoms with Crippen molar-refractivity contribution >= 4 is 21.9 Å². The second-order valence-electron chi connectivity index (χ2n) is 5.28. The molecule has 128 valence electrons. The normalized spacial score (nSPS) is 11.4. The molecule has 0 radical (unpaired) electrons. The molecule has 0 bridgehead atoms. The van der Waals surface area contributed by atoms with Gasteiger partial charge in [-0.1, -0.05) is 28.1 Å². The highest BCUT2D eigenvalue weighted by Crippen LogP contribution is 2.16. The lowest BCUT2D eigenvalue weighted by atomic mass is 10.1. The van der Waals surface area contributed by atoms with Gasteiger partial charge in [-0.3, -0.25) is 4.98 Å². The molecule has 4 nitrogen and oxygen atoms in total. The molecule has 0 amide bonds. The SMILES string of the molecule is CCNC(=NCc1ccccn1)NCCCc1ccc(Br)cc1F. The van der Waals surface area contributed by atoms with Crippen LogP contribution in [-0.4, -0.2) is 24.0 Å². The molecule has 0 saturated carbocycles. The van der Waals surface area contributed by atoms with Crippen LogP contribution in [0.25, 0.3) is 0 Å². The zero-order valence-corrected chi connectivity index (χ0v) is 15.3. The molecule has 24 heavy (non-hydrogen) atoms. The fraction of sp³-hybridized carbons (Fsp3) is 0.333. The van der Waals surface area contributed by atoms with Gasteiger partial charge in [-0.15, -0.1) is 0 Å². The van der Waals surface area contributed by atoms with Crippen LogP contribution in [0.4, 0.5) is 4.39 Å². The van der Waals surface area contributed by atoms with Gasteiger partial charge in [0.25, 0.3) is 0 Å². The third-order valence-electron chi connectivity index (χ3n) is 3.40. The van der Waals surface area contributed by atoms with E-state index in [-0.39, 0.29) is 5.82 Å². The molecule has 2 aromatic rings. The van der Waals surface area contributed by atoms with Gasteiger partial charge in [-0.2, -0.15) is 0 Å². The van der Waals surface area contributed by atoms with E-state index < -0.39 is 0 Å². The van der Waals surface area contributed by atoms with Gasteiger partial charge in [-0.25, -0.2) is 9.38 Å². The summed E-state index contributed by atoms with van der Waals surface area (Å²) >= 11 is 3.27. The van der Waals surface area contributed by atoms with Crippen LogP contribution >= 0.6 is 15.9 Å². The van der Waals surface area contributed by atoms with E-state index in [0.29, 0.717) is 13.0 Å². The lowest BCUT2D eigenvalue weighted by molar-refractivity contribution is 0.602. The van der Waals surface area contributed by atoms with E-state index in [1.165, 1.54) is 6.07 Å². The average molecular weight is 393 g/mol. The predicted molar refractivity (Wildman–Crippen MR) is 99.5 cm³/mol. The maximum Gasteiger partial charge on any atom is 0.191 e. The fourth-order valence-electron chi connectivity index (χ4n) is 2.20.